The van der Waals surface area contributed by atoms with E-state index >= 15 is 0 Å². The van der Waals surface area contributed by atoms with E-state index in [1.165, 1.54) is 30.5 Å². The van der Waals surface area contributed by atoms with Crippen molar-refractivity contribution >= 4 is 52.0 Å². The Kier molecular flexibility index (Phi) is 8.92. The minimum Gasteiger partial charge on any atom is -0.404 e. The van der Waals surface area contributed by atoms with Crippen LogP contribution in [0, 0.1) is 11.3 Å². The Morgan fingerprint density at radius 2 is 1.86 bits per heavy atom. The summed E-state index contributed by atoms with van der Waals surface area (Å²) in [5.41, 5.74) is 9.15. The number of nitriles is 1. The maximum Gasteiger partial charge on any atom is 0.258 e. The Labute approximate surface area is 222 Å². The van der Waals surface area contributed by atoms with Gasteiger partial charge in [0.25, 0.3) is 5.91 Å². The van der Waals surface area contributed by atoms with Crippen molar-refractivity contribution in [2.75, 3.05) is 47.9 Å². The molecule has 0 spiro atoms. The highest BCUT2D eigenvalue weighted by molar-refractivity contribution is 7.99. The molecule has 7 nitrogen and oxygen atoms in total. The first-order chi connectivity index (χ1) is 17.5. The molecule has 0 radical (unpaired) electrons. The molecule has 9 heteroatoms. The number of carbonyl (C=O) groups excluding carboxylic acids is 1. The van der Waals surface area contributed by atoms with Crippen LogP contribution in [0.1, 0.15) is 25.3 Å². The Balaban J connectivity index is 1.41. The van der Waals surface area contributed by atoms with Crippen molar-refractivity contribution in [2.45, 2.75) is 25.8 Å². The highest BCUT2D eigenvalue weighted by atomic mass is 35.5. The number of piperazine rings is 1. The fourth-order valence-corrected chi connectivity index (χ4v) is 5.89. The van der Waals surface area contributed by atoms with Crippen LogP contribution in [0.3, 0.4) is 0 Å². The summed E-state index contributed by atoms with van der Waals surface area (Å²) >= 11 is 7.98. The van der Waals surface area contributed by atoms with Gasteiger partial charge >= 0.3 is 0 Å². The number of nitrogens with zero attached hydrogens (tertiary/aromatic N) is 4. The number of thioether (sulfide) groups is 1. The van der Waals surface area contributed by atoms with Gasteiger partial charge in [0.15, 0.2) is 0 Å². The number of amides is 1. The summed E-state index contributed by atoms with van der Waals surface area (Å²) < 4.78 is 0. The number of hydrogen-bond donors (Lipinski definition) is 2. The molecule has 2 aromatic rings. The molecule has 2 fully saturated rings. The predicted molar refractivity (Wildman–Crippen MR) is 150 cm³/mol. The molecular formula is C27H31ClN6OS. The lowest BCUT2D eigenvalue weighted by molar-refractivity contribution is -0.112. The zero-order valence-corrected chi connectivity index (χ0v) is 22.0. The van der Waals surface area contributed by atoms with Crippen molar-refractivity contribution in [3.8, 4) is 6.07 Å². The van der Waals surface area contributed by atoms with Crippen LogP contribution in [0.15, 0.2) is 59.2 Å². The third-order valence-corrected chi connectivity index (χ3v) is 7.96. The number of anilines is 2. The van der Waals surface area contributed by atoms with Crippen LogP contribution in [0.4, 0.5) is 17.1 Å². The maximum absolute atomic E-state index is 12.9. The fourth-order valence-electron chi connectivity index (χ4n) is 4.69. The molecule has 0 bridgehead atoms. The minimum absolute atomic E-state index is 0.254. The van der Waals surface area contributed by atoms with Crippen LogP contribution in [0.5, 0.6) is 0 Å². The molecule has 2 saturated heterocycles. The van der Waals surface area contributed by atoms with Gasteiger partial charge in [-0.3, -0.25) is 14.7 Å². The molecule has 0 saturated carbocycles. The smallest absolute Gasteiger partial charge is 0.258 e. The van der Waals surface area contributed by atoms with Gasteiger partial charge in [-0.25, -0.2) is 0 Å². The molecule has 0 unspecified atom stereocenters. The predicted octanol–water partition coefficient (Wildman–Crippen LogP) is 4.80. The monoisotopic (exact) mass is 522 g/mol. The summed E-state index contributed by atoms with van der Waals surface area (Å²) in [6.07, 6.45) is 3.78. The molecule has 0 atom stereocenters. The molecule has 36 heavy (non-hydrogen) atoms. The van der Waals surface area contributed by atoms with Gasteiger partial charge < -0.3 is 16.0 Å². The van der Waals surface area contributed by atoms with Gasteiger partial charge in [-0.05, 0) is 73.7 Å². The van der Waals surface area contributed by atoms with Gasteiger partial charge in [0.2, 0.25) is 0 Å². The quantitative estimate of drug-likeness (QED) is 0.417. The fraction of sp³-hybridized carbons (Fsp3) is 0.370. The van der Waals surface area contributed by atoms with E-state index in [-0.39, 0.29) is 11.5 Å². The van der Waals surface area contributed by atoms with E-state index in [1.54, 1.807) is 37.3 Å². The number of nitrogens with one attached hydrogen (secondary N) is 1. The van der Waals surface area contributed by atoms with Crippen molar-refractivity contribution in [3.05, 3.63) is 64.8 Å². The lowest BCUT2D eigenvalue weighted by atomic mass is 10.1. The van der Waals surface area contributed by atoms with Gasteiger partial charge in [0.05, 0.1) is 28.2 Å². The molecule has 2 heterocycles. The van der Waals surface area contributed by atoms with Crippen molar-refractivity contribution in [3.63, 3.8) is 0 Å². The summed E-state index contributed by atoms with van der Waals surface area (Å²) in [7, 11) is 0. The van der Waals surface area contributed by atoms with Gasteiger partial charge in [0, 0.05) is 49.1 Å². The Hall–Kier alpha value is -2.99. The SMILES string of the molecule is CC(=Nc1ccc(Cl)cc1)C(=CN)C(=O)Nc1ccc(N2CCN(C3CCSCC3)CC2)c(C#N)c1. The first-order valence-electron chi connectivity index (χ1n) is 12.1. The summed E-state index contributed by atoms with van der Waals surface area (Å²) in [5, 5.41) is 13.3. The molecule has 0 aromatic heterocycles. The van der Waals surface area contributed by atoms with Crippen LogP contribution in [-0.2, 0) is 4.79 Å². The van der Waals surface area contributed by atoms with Gasteiger partial charge in [-0.15, -0.1) is 0 Å². The number of benzene rings is 2. The van der Waals surface area contributed by atoms with Crippen molar-refractivity contribution in [2.24, 2.45) is 10.7 Å². The van der Waals surface area contributed by atoms with Gasteiger partial charge in [0.1, 0.15) is 6.07 Å². The van der Waals surface area contributed by atoms with Crippen molar-refractivity contribution in [1.82, 2.24) is 4.90 Å². The molecule has 2 aliphatic heterocycles. The third kappa shape index (κ3) is 6.41. The second kappa shape index (κ2) is 12.3. The molecular weight excluding hydrogens is 492 g/mol. The largest absolute Gasteiger partial charge is 0.404 e. The van der Waals surface area contributed by atoms with Crippen LogP contribution in [0.25, 0.3) is 0 Å². The van der Waals surface area contributed by atoms with E-state index in [0.717, 1.165) is 31.9 Å². The van der Waals surface area contributed by atoms with E-state index < -0.39 is 0 Å². The van der Waals surface area contributed by atoms with E-state index in [2.05, 4.69) is 37.9 Å². The molecule has 4 rings (SSSR count). The lowest BCUT2D eigenvalue weighted by Gasteiger charge is -2.41. The van der Waals surface area contributed by atoms with Crippen LogP contribution in [-0.4, -0.2) is 60.2 Å². The normalized spacial score (nSPS) is 18.1. The molecule has 2 aromatic carbocycles. The number of halogens is 1. The van der Waals surface area contributed by atoms with E-state index in [4.69, 9.17) is 17.3 Å². The second-order valence-electron chi connectivity index (χ2n) is 8.92. The minimum atomic E-state index is -0.386. The number of hydrogen-bond acceptors (Lipinski definition) is 7. The molecule has 188 valence electrons. The topological polar surface area (TPSA) is 97.7 Å². The van der Waals surface area contributed by atoms with Crippen LogP contribution >= 0.6 is 23.4 Å². The van der Waals surface area contributed by atoms with E-state index in [9.17, 15) is 10.1 Å². The summed E-state index contributed by atoms with van der Waals surface area (Å²) in [5.74, 6) is 2.12. The highest BCUT2D eigenvalue weighted by Gasteiger charge is 2.26. The van der Waals surface area contributed by atoms with Crippen LogP contribution < -0.4 is 16.0 Å². The van der Waals surface area contributed by atoms with E-state index in [0.29, 0.717) is 33.7 Å². The maximum atomic E-state index is 12.9. The second-order valence-corrected chi connectivity index (χ2v) is 10.6. The highest BCUT2D eigenvalue weighted by Crippen LogP contribution is 2.28. The Morgan fingerprint density at radius 3 is 2.50 bits per heavy atom. The van der Waals surface area contributed by atoms with E-state index in [1.807, 2.05) is 12.1 Å². The summed E-state index contributed by atoms with van der Waals surface area (Å²) in [6, 6.07) is 15.5. The standard InChI is InChI=1S/C27H31ClN6OS/c1-19(31-22-4-2-21(28)3-5-22)25(18-30)27(35)32-23-6-7-26(20(16-23)17-29)34-12-10-33(11-13-34)24-8-14-36-15-9-24/h2-7,16,18,24H,8-15,30H2,1H3,(H,32,35). The Bertz CT molecular complexity index is 1180. The van der Waals surface area contributed by atoms with Crippen LogP contribution in [0.2, 0.25) is 5.02 Å². The van der Waals surface area contributed by atoms with Crippen molar-refractivity contribution in [1.29, 1.82) is 5.26 Å². The van der Waals surface area contributed by atoms with Crippen molar-refractivity contribution < 1.29 is 4.79 Å². The number of carbonyl (C=O) groups is 1. The number of aliphatic imine (C=N–C) groups is 1. The number of nitrogens with two attached hydrogens (primary N) is 1. The number of rotatable bonds is 6. The molecule has 0 aliphatic carbocycles. The average Bonchev–Trinajstić information content (AvgIpc) is 2.91. The lowest BCUT2D eigenvalue weighted by Crippen LogP contribution is -2.51. The zero-order valence-electron chi connectivity index (χ0n) is 20.4. The zero-order chi connectivity index (χ0) is 25.5. The third-order valence-electron chi connectivity index (χ3n) is 6.66. The molecule has 2 aliphatic rings. The molecule has 1 amide bonds. The molecule has 3 N–H and O–H groups in total. The van der Waals surface area contributed by atoms with Gasteiger partial charge in [-0.1, -0.05) is 11.6 Å². The first-order valence-corrected chi connectivity index (χ1v) is 13.7. The average molecular weight is 523 g/mol. The summed E-state index contributed by atoms with van der Waals surface area (Å²) in [6.45, 7) is 5.53. The first kappa shape index (κ1) is 26.1. The Morgan fingerprint density at radius 1 is 1.17 bits per heavy atom. The summed E-state index contributed by atoms with van der Waals surface area (Å²) in [4.78, 5) is 22.3. The van der Waals surface area contributed by atoms with Gasteiger partial charge in [-0.2, -0.15) is 17.0 Å².